The molecule has 0 fully saturated rings. The quantitative estimate of drug-likeness (QED) is 0.808. The second-order valence-corrected chi connectivity index (χ2v) is 2.95. The summed E-state index contributed by atoms with van der Waals surface area (Å²) in [5.74, 6) is 0.957. The molecule has 0 unspecified atom stereocenters. The summed E-state index contributed by atoms with van der Waals surface area (Å²) < 4.78 is 6.69. The summed E-state index contributed by atoms with van der Waals surface area (Å²) in [5.41, 5.74) is 0. The van der Waals surface area contributed by atoms with E-state index in [9.17, 15) is 0 Å². The van der Waals surface area contributed by atoms with E-state index in [0.717, 1.165) is 6.54 Å². The molecule has 0 saturated carbocycles. The summed E-state index contributed by atoms with van der Waals surface area (Å²) in [6.45, 7) is 2.70. The number of ether oxygens (including phenoxy) is 1. The van der Waals surface area contributed by atoms with Crippen LogP contribution in [0, 0.1) is 0 Å². The molecule has 16 heavy (non-hydrogen) atoms. The van der Waals surface area contributed by atoms with Crippen molar-refractivity contribution in [3.8, 4) is 12.0 Å². The second kappa shape index (κ2) is 4.56. The molecular formula is C9H12N6O. The zero-order valence-electron chi connectivity index (χ0n) is 9.08. The van der Waals surface area contributed by atoms with Crippen molar-refractivity contribution in [2.75, 3.05) is 19.0 Å². The Hall–Kier alpha value is -2.18. The Balaban J connectivity index is 2.41. The zero-order valence-corrected chi connectivity index (χ0v) is 9.08. The molecule has 2 rings (SSSR count). The Kier molecular flexibility index (Phi) is 2.95. The van der Waals surface area contributed by atoms with Gasteiger partial charge in [-0.1, -0.05) is 0 Å². The van der Waals surface area contributed by atoms with E-state index in [1.54, 1.807) is 23.3 Å². The van der Waals surface area contributed by atoms with Crippen molar-refractivity contribution in [2.45, 2.75) is 6.92 Å². The lowest BCUT2D eigenvalue weighted by Crippen LogP contribution is -2.09. The van der Waals surface area contributed by atoms with Gasteiger partial charge in [-0.15, -0.1) is 0 Å². The average molecular weight is 220 g/mol. The highest BCUT2D eigenvalue weighted by molar-refractivity contribution is 5.30. The lowest BCUT2D eigenvalue weighted by atomic mass is 10.7. The molecule has 0 radical (unpaired) electrons. The fraction of sp³-hybridized carbons (Fsp3) is 0.333. The minimum atomic E-state index is 0.273. The van der Waals surface area contributed by atoms with Gasteiger partial charge in [-0.25, -0.2) is 4.98 Å². The molecule has 2 aromatic heterocycles. The summed E-state index contributed by atoms with van der Waals surface area (Å²) in [6.07, 6.45) is 5.03. The highest BCUT2D eigenvalue weighted by Crippen LogP contribution is 2.09. The van der Waals surface area contributed by atoms with Gasteiger partial charge in [0.2, 0.25) is 11.9 Å². The minimum absolute atomic E-state index is 0.273. The molecule has 84 valence electrons. The van der Waals surface area contributed by atoms with Crippen LogP contribution >= 0.6 is 0 Å². The Bertz CT molecular complexity index is 455. The van der Waals surface area contributed by atoms with E-state index in [2.05, 4.69) is 25.3 Å². The Morgan fingerprint density at radius 2 is 2.25 bits per heavy atom. The molecule has 7 heteroatoms. The highest BCUT2D eigenvalue weighted by atomic mass is 16.5. The van der Waals surface area contributed by atoms with Gasteiger partial charge >= 0.3 is 6.01 Å². The van der Waals surface area contributed by atoms with Crippen LogP contribution < -0.4 is 10.1 Å². The Labute approximate surface area is 92.5 Å². The first-order chi connectivity index (χ1) is 7.83. The highest BCUT2D eigenvalue weighted by Gasteiger charge is 2.07. The lowest BCUT2D eigenvalue weighted by Gasteiger charge is -2.06. The van der Waals surface area contributed by atoms with Crippen LogP contribution in [0.1, 0.15) is 6.92 Å². The standard InChI is InChI=1S/C9H12N6O/c1-3-11-7-12-8(14-9(13-7)16-2)15-5-4-10-6-15/h4-6H,3H2,1-2H3,(H,11,12,13,14). The van der Waals surface area contributed by atoms with E-state index in [-0.39, 0.29) is 6.01 Å². The fourth-order valence-corrected chi connectivity index (χ4v) is 1.17. The summed E-state index contributed by atoms with van der Waals surface area (Å²) >= 11 is 0. The maximum Gasteiger partial charge on any atom is 0.322 e. The molecule has 0 aliphatic heterocycles. The van der Waals surface area contributed by atoms with Gasteiger partial charge in [0.15, 0.2) is 0 Å². The van der Waals surface area contributed by atoms with E-state index in [4.69, 9.17) is 4.74 Å². The van der Waals surface area contributed by atoms with Crippen molar-refractivity contribution in [3.05, 3.63) is 18.7 Å². The zero-order chi connectivity index (χ0) is 11.4. The third kappa shape index (κ3) is 2.08. The number of nitrogens with one attached hydrogen (secondary N) is 1. The van der Waals surface area contributed by atoms with Crippen molar-refractivity contribution in [1.29, 1.82) is 0 Å². The predicted molar refractivity (Wildman–Crippen MR) is 57.7 cm³/mol. The van der Waals surface area contributed by atoms with E-state index in [1.807, 2.05) is 6.92 Å². The summed E-state index contributed by atoms with van der Waals surface area (Å²) in [5, 5.41) is 3.01. The largest absolute Gasteiger partial charge is 0.467 e. The van der Waals surface area contributed by atoms with Crippen LogP contribution in [-0.4, -0.2) is 38.2 Å². The molecule has 0 aliphatic carbocycles. The smallest absolute Gasteiger partial charge is 0.322 e. The first-order valence-corrected chi connectivity index (χ1v) is 4.85. The average Bonchev–Trinajstić information content (AvgIpc) is 2.82. The molecule has 2 heterocycles. The third-order valence-corrected chi connectivity index (χ3v) is 1.86. The van der Waals surface area contributed by atoms with Crippen LogP contribution in [0.4, 0.5) is 5.95 Å². The first kappa shape index (κ1) is 10.3. The number of methoxy groups -OCH3 is 1. The molecule has 0 spiro atoms. The third-order valence-electron chi connectivity index (χ3n) is 1.86. The number of imidazole rings is 1. The van der Waals surface area contributed by atoms with E-state index in [0.29, 0.717) is 11.9 Å². The number of rotatable bonds is 4. The topological polar surface area (TPSA) is 77.8 Å². The van der Waals surface area contributed by atoms with Gasteiger partial charge in [0.05, 0.1) is 7.11 Å². The monoisotopic (exact) mass is 220 g/mol. The van der Waals surface area contributed by atoms with Crippen molar-refractivity contribution in [1.82, 2.24) is 24.5 Å². The number of anilines is 1. The maximum absolute atomic E-state index is 5.00. The normalized spacial score (nSPS) is 10.1. The van der Waals surface area contributed by atoms with E-state index >= 15 is 0 Å². The summed E-state index contributed by atoms with van der Waals surface area (Å²) in [6, 6.07) is 0.273. The number of nitrogens with zero attached hydrogens (tertiary/aromatic N) is 5. The molecule has 1 N–H and O–H groups in total. The van der Waals surface area contributed by atoms with Gasteiger partial charge in [0.1, 0.15) is 6.33 Å². The Morgan fingerprint density at radius 3 is 2.88 bits per heavy atom. The van der Waals surface area contributed by atoms with Crippen molar-refractivity contribution in [3.63, 3.8) is 0 Å². The van der Waals surface area contributed by atoms with Gasteiger partial charge in [-0.3, -0.25) is 4.57 Å². The number of aromatic nitrogens is 5. The summed E-state index contributed by atoms with van der Waals surface area (Å²) in [7, 11) is 1.52. The lowest BCUT2D eigenvalue weighted by molar-refractivity contribution is 0.378. The number of hydrogen-bond donors (Lipinski definition) is 1. The Morgan fingerprint density at radius 1 is 1.38 bits per heavy atom. The fourth-order valence-electron chi connectivity index (χ4n) is 1.17. The maximum atomic E-state index is 5.00. The van der Waals surface area contributed by atoms with Crippen LogP contribution in [0.5, 0.6) is 6.01 Å². The van der Waals surface area contributed by atoms with Crippen LogP contribution in [0.15, 0.2) is 18.7 Å². The second-order valence-electron chi connectivity index (χ2n) is 2.95. The molecule has 2 aromatic rings. The van der Waals surface area contributed by atoms with Gasteiger partial charge < -0.3 is 10.1 Å². The van der Waals surface area contributed by atoms with Gasteiger partial charge in [-0.05, 0) is 6.92 Å². The molecule has 0 aliphatic rings. The van der Waals surface area contributed by atoms with Gasteiger partial charge in [0.25, 0.3) is 0 Å². The first-order valence-electron chi connectivity index (χ1n) is 4.85. The van der Waals surface area contributed by atoms with Crippen LogP contribution in [-0.2, 0) is 0 Å². The van der Waals surface area contributed by atoms with E-state index < -0.39 is 0 Å². The molecule has 0 amide bonds. The SMILES string of the molecule is CCNc1nc(OC)nc(-n2ccnc2)n1. The minimum Gasteiger partial charge on any atom is -0.467 e. The van der Waals surface area contributed by atoms with Crippen LogP contribution in [0.25, 0.3) is 5.95 Å². The van der Waals surface area contributed by atoms with Crippen molar-refractivity contribution in [2.24, 2.45) is 0 Å². The van der Waals surface area contributed by atoms with Crippen LogP contribution in [0.3, 0.4) is 0 Å². The number of hydrogen-bond acceptors (Lipinski definition) is 6. The molecule has 0 atom stereocenters. The molecule has 7 nitrogen and oxygen atoms in total. The van der Waals surface area contributed by atoms with Gasteiger partial charge in [0, 0.05) is 18.9 Å². The van der Waals surface area contributed by atoms with Gasteiger partial charge in [-0.2, -0.15) is 15.0 Å². The van der Waals surface area contributed by atoms with Crippen LogP contribution in [0.2, 0.25) is 0 Å². The molecule has 0 bridgehead atoms. The molecular weight excluding hydrogens is 208 g/mol. The molecule has 0 saturated heterocycles. The predicted octanol–water partition coefficient (Wildman–Crippen LogP) is 0.498. The van der Waals surface area contributed by atoms with Crippen molar-refractivity contribution < 1.29 is 4.74 Å². The summed E-state index contributed by atoms with van der Waals surface area (Å²) in [4.78, 5) is 16.3. The van der Waals surface area contributed by atoms with E-state index in [1.165, 1.54) is 7.11 Å². The molecule has 0 aromatic carbocycles. The van der Waals surface area contributed by atoms with Crippen molar-refractivity contribution >= 4 is 5.95 Å².